The molecule has 21 heavy (non-hydrogen) atoms. The van der Waals surface area contributed by atoms with Gasteiger partial charge in [-0.3, -0.25) is 10.1 Å². The quantitative estimate of drug-likeness (QED) is 0.577. The Labute approximate surface area is 128 Å². The van der Waals surface area contributed by atoms with Crippen LogP contribution in [-0.2, 0) is 0 Å². The number of nitro groups is 1. The summed E-state index contributed by atoms with van der Waals surface area (Å²) >= 11 is 1.69. The van der Waals surface area contributed by atoms with Crippen molar-refractivity contribution in [2.24, 2.45) is 0 Å². The molecular formula is C15H19N3O2S. The molecule has 0 aliphatic carbocycles. The molecule has 0 saturated heterocycles. The molecule has 112 valence electrons. The van der Waals surface area contributed by atoms with E-state index in [9.17, 15) is 10.1 Å². The van der Waals surface area contributed by atoms with Gasteiger partial charge in [0.05, 0.1) is 11.0 Å². The first-order valence-electron chi connectivity index (χ1n) is 6.97. The van der Waals surface area contributed by atoms with E-state index in [0.717, 1.165) is 24.3 Å². The number of nitrogens with zero attached hydrogens (tertiary/aromatic N) is 1. The van der Waals surface area contributed by atoms with E-state index in [2.05, 4.69) is 23.6 Å². The summed E-state index contributed by atoms with van der Waals surface area (Å²) in [5.74, 6) is 0. The first-order chi connectivity index (χ1) is 10.1. The highest BCUT2D eigenvalue weighted by Crippen LogP contribution is 2.30. The van der Waals surface area contributed by atoms with E-state index in [1.807, 2.05) is 24.4 Å². The fourth-order valence-corrected chi connectivity index (χ4v) is 3.03. The van der Waals surface area contributed by atoms with Gasteiger partial charge >= 0.3 is 0 Å². The van der Waals surface area contributed by atoms with E-state index >= 15 is 0 Å². The largest absolute Gasteiger partial charge is 0.385 e. The molecule has 5 nitrogen and oxygen atoms in total. The maximum Gasteiger partial charge on any atom is 0.273 e. The molecular weight excluding hydrogens is 286 g/mol. The van der Waals surface area contributed by atoms with Crippen molar-refractivity contribution in [2.45, 2.75) is 26.3 Å². The van der Waals surface area contributed by atoms with Crippen LogP contribution in [-0.4, -0.2) is 11.5 Å². The van der Waals surface area contributed by atoms with Crippen LogP contribution < -0.4 is 10.6 Å². The van der Waals surface area contributed by atoms with Crippen LogP contribution in [0.15, 0.2) is 35.7 Å². The van der Waals surface area contributed by atoms with Gasteiger partial charge in [0.15, 0.2) is 0 Å². The fraction of sp³-hybridized carbons (Fsp3) is 0.333. The lowest BCUT2D eigenvalue weighted by Crippen LogP contribution is -2.09. The van der Waals surface area contributed by atoms with Gasteiger partial charge in [0.1, 0.15) is 0 Å². The Morgan fingerprint density at radius 3 is 2.62 bits per heavy atom. The highest BCUT2D eigenvalue weighted by molar-refractivity contribution is 7.10. The first-order valence-corrected chi connectivity index (χ1v) is 7.85. The summed E-state index contributed by atoms with van der Waals surface area (Å²) in [7, 11) is 0. The van der Waals surface area contributed by atoms with Crippen LogP contribution in [0.2, 0.25) is 0 Å². The minimum absolute atomic E-state index is 0.0944. The Bertz CT molecular complexity index is 599. The van der Waals surface area contributed by atoms with E-state index in [4.69, 9.17) is 0 Å². The average Bonchev–Trinajstić information content (AvgIpc) is 2.99. The molecule has 1 aromatic heterocycles. The third kappa shape index (κ3) is 3.95. The van der Waals surface area contributed by atoms with E-state index in [1.54, 1.807) is 23.5 Å². The Hall–Kier alpha value is -2.08. The second kappa shape index (κ2) is 7.08. The standard InChI is InChI=1S/C15H19N3O2S/c1-3-14(15-6-5-7-21-15)17-12-8-11(16-4-2)9-13(10-12)18(19)20/h5-10,14,16-17H,3-4H2,1-2H3. The fourth-order valence-electron chi connectivity index (χ4n) is 2.17. The van der Waals surface area contributed by atoms with Crippen molar-refractivity contribution in [3.05, 3.63) is 50.7 Å². The molecule has 0 radical (unpaired) electrons. The second-order valence-electron chi connectivity index (χ2n) is 4.68. The molecule has 2 rings (SSSR count). The summed E-state index contributed by atoms with van der Waals surface area (Å²) in [6.07, 6.45) is 0.916. The lowest BCUT2D eigenvalue weighted by atomic mass is 10.1. The van der Waals surface area contributed by atoms with Crippen LogP contribution in [0.25, 0.3) is 0 Å². The van der Waals surface area contributed by atoms with E-state index in [-0.39, 0.29) is 16.7 Å². The number of rotatable bonds is 7. The zero-order valence-electron chi connectivity index (χ0n) is 12.1. The molecule has 0 fully saturated rings. The van der Waals surface area contributed by atoms with Crippen molar-refractivity contribution in [3.63, 3.8) is 0 Å². The first kappa shape index (κ1) is 15.3. The van der Waals surface area contributed by atoms with Crippen LogP contribution in [0, 0.1) is 10.1 Å². The van der Waals surface area contributed by atoms with Crippen LogP contribution in [0.4, 0.5) is 17.1 Å². The van der Waals surface area contributed by atoms with E-state index in [0.29, 0.717) is 0 Å². The number of hydrogen-bond donors (Lipinski definition) is 2. The lowest BCUT2D eigenvalue weighted by Gasteiger charge is -2.17. The summed E-state index contributed by atoms with van der Waals surface area (Å²) < 4.78 is 0. The van der Waals surface area contributed by atoms with E-state index in [1.165, 1.54) is 4.88 Å². The van der Waals surface area contributed by atoms with Gasteiger partial charge in [0, 0.05) is 34.9 Å². The minimum Gasteiger partial charge on any atom is -0.385 e. The maximum atomic E-state index is 11.0. The Kier molecular flexibility index (Phi) is 5.16. The number of benzene rings is 1. The van der Waals surface area contributed by atoms with Crippen molar-refractivity contribution < 1.29 is 4.92 Å². The maximum absolute atomic E-state index is 11.0. The monoisotopic (exact) mass is 305 g/mol. The van der Waals surface area contributed by atoms with Crippen molar-refractivity contribution in [1.29, 1.82) is 0 Å². The third-order valence-electron chi connectivity index (χ3n) is 3.15. The van der Waals surface area contributed by atoms with Crippen molar-refractivity contribution in [3.8, 4) is 0 Å². The van der Waals surface area contributed by atoms with Crippen molar-refractivity contribution in [2.75, 3.05) is 17.2 Å². The molecule has 6 heteroatoms. The number of nitrogens with one attached hydrogen (secondary N) is 2. The molecule has 1 unspecified atom stereocenters. The van der Waals surface area contributed by atoms with Gasteiger partial charge in [0.2, 0.25) is 0 Å². The smallest absolute Gasteiger partial charge is 0.273 e. The van der Waals surface area contributed by atoms with Crippen molar-refractivity contribution in [1.82, 2.24) is 0 Å². The predicted molar refractivity (Wildman–Crippen MR) is 88.2 cm³/mol. The van der Waals surface area contributed by atoms with Gasteiger partial charge in [-0.2, -0.15) is 0 Å². The molecule has 0 bridgehead atoms. The van der Waals surface area contributed by atoms with Crippen LogP contribution in [0.3, 0.4) is 0 Å². The van der Waals surface area contributed by atoms with Crippen molar-refractivity contribution >= 4 is 28.4 Å². The predicted octanol–water partition coefficient (Wildman–Crippen LogP) is 4.65. The molecule has 2 N–H and O–H groups in total. The van der Waals surface area contributed by atoms with Gasteiger partial charge in [-0.1, -0.05) is 13.0 Å². The Balaban J connectivity index is 2.27. The highest BCUT2D eigenvalue weighted by atomic mass is 32.1. The molecule has 0 saturated carbocycles. The van der Waals surface area contributed by atoms with Crippen LogP contribution in [0.5, 0.6) is 0 Å². The summed E-state index contributed by atoms with van der Waals surface area (Å²) in [5, 5.41) is 19.6. The summed E-state index contributed by atoms with van der Waals surface area (Å²) in [6.45, 7) is 4.79. The molecule has 0 aliphatic heterocycles. The molecule has 0 aliphatic rings. The summed E-state index contributed by atoms with van der Waals surface area (Å²) in [6, 6.07) is 9.31. The van der Waals surface area contributed by atoms with Gasteiger partial charge in [0.25, 0.3) is 5.69 Å². The minimum atomic E-state index is -0.363. The zero-order chi connectivity index (χ0) is 15.2. The SMILES string of the molecule is CCNc1cc(NC(CC)c2cccs2)cc([N+](=O)[O-])c1. The molecule has 0 amide bonds. The average molecular weight is 305 g/mol. The molecule has 0 spiro atoms. The van der Waals surface area contributed by atoms with Crippen LogP contribution >= 0.6 is 11.3 Å². The molecule has 2 aromatic rings. The van der Waals surface area contributed by atoms with Gasteiger partial charge in [-0.15, -0.1) is 11.3 Å². The zero-order valence-corrected chi connectivity index (χ0v) is 12.9. The van der Waals surface area contributed by atoms with Gasteiger partial charge in [-0.25, -0.2) is 0 Å². The summed E-state index contributed by atoms with van der Waals surface area (Å²) in [4.78, 5) is 11.9. The third-order valence-corrected chi connectivity index (χ3v) is 4.13. The highest BCUT2D eigenvalue weighted by Gasteiger charge is 2.14. The number of non-ortho nitro benzene ring substituents is 1. The number of nitro benzene ring substituents is 1. The van der Waals surface area contributed by atoms with E-state index < -0.39 is 0 Å². The van der Waals surface area contributed by atoms with Gasteiger partial charge in [-0.05, 0) is 30.9 Å². The number of hydrogen-bond acceptors (Lipinski definition) is 5. The second-order valence-corrected chi connectivity index (χ2v) is 5.66. The summed E-state index contributed by atoms with van der Waals surface area (Å²) in [5.41, 5.74) is 1.62. The number of thiophene rings is 1. The number of anilines is 2. The van der Waals surface area contributed by atoms with Gasteiger partial charge < -0.3 is 10.6 Å². The lowest BCUT2D eigenvalue weighted by molar-refractivity contribution is -0.384. The molecule has 1 atom stereocenters. The molecule has 1 heterocycles. The normalized spacial score (nSPS) is 11.9. The van der Waals surface area contributed by atoms with Crippen LogP contribution in [0.1, 0.15) is 31.2 Å². The Morgan fingerprint density at radius 1 is 1.29 bits per heavy atom. The Morgan fingerprint density at radius 2 is 2.05 bits per heavy atom. The topological polar surface area (TPSA) is 67.2 Å². The molecule has 1 aromatic carbocycles.